The highest BCUT2D eigenvalue weighted by molar-refractivity contribution is 7.99. The zero-order valence-corrected chi connectivity index (χ0v) is 19.7. The molecule has 0 saturated carbocycles. The van der Waals surface area contributed by atoms with Gasteiger partial charge in [-0.15, -0.1) is 0 Å². The number of piperidine rings is 1. The number of nitrogens with one attached hydrogen (secondary N) is 1. The summed E-state index contributed by atoms with van der Waals surface area (Å²) in [7, 11) is 0. The van der Waals surface area contributed by atoms with Crippen molar-refractivity contribution in [3.8, 4) is 0 Å². The second-order valence-electron chi connectivity index (χ2n) is 8.59. The minimum absolute atomic E-state index is 0.0438. The molecule has 2 aliphatic heterocycles. The second kappa shape index (κ2) is 10.7. The number of pyridine rings is 1. The van der Waals surface area contributed by atoms with Crippen LogP contribution < -0.4 is 10.9 Å². The van der Waals surface area contributed by atoms with Gasteiger partial charge >= 0.3 is 0 Å². The van der Waals surface area contributed by atoms with Crippen molar-refractivity contribution in [1.82, 2.24) is 18.8 Å². The third-order valence-electron chi connectivity index (χ3n) is 6.06. The van der Waals surface area contributed by atoms with Gasteiger partial charge in [-0.1, -0.05) is 50.4 Å². The zero-order valence-electron chi connectivity index (χ0n) is 18.1. The van der Waals surface area contributed by atoms with E-state index in [9.17, 15) is 9.59 Å². The monoisotopic (exact) mass is 461 g/mol. The van der Waals surface area contributed by atoms with Gasteiger partial charge in [-0.25, -0.2) is 0 Å². The number of likely N-dealkylation sites (tertiary alicyclic amines) is 1. The summed E-state index contributed by atoms with van der Waals surface area (Å²) in [5.74, 6) is 1.71. The van der Waals surface area contributed by atoms with E-state index in [1.807, 2.05) is 10.6 Å². The van der Waals surface area contributed by atoms with Gasteiger partial charge < -0.3 is 4.57 Å². The molecule has 1 amide bonds. The van der Waals surface area contributed by atoms with Gasteiger partial charge in [0.1, 0.15) is 0 Å². The molecule has 2 bridgehead atoms. The standard InChI is InChI=1S/C22H31N5O2S2/c1-2-3-4-5-6-10-30-22-24-21(31-25-22)23-19(28)15-26-12-16-11-17(14-26)18-8-7-9-20(29)27(18)13-16/h7-9,16-17H,2-6,10-15H2,1H3,(H,23,24,25,28)/t16-,17+/m1/s1. The minimum atomic E-state index is -0.0438. The lowest BCUT2D eigenvalue weighted by Gasteiger charge is -2.42. The van der Waals surface area contributed by atoms with Crippen LogP contribution in [0.3, 0.4) is 0 Å². The van der Waals surface area contributed by atoms with Gasteiger partial charge in [0.05, 0.1) is 6.54 Å². The normalized spacial score (nSPS) is 20.4. The first kappa shape index (κ1) is 22.5. The lowest BCUT2D eigenvalue weighted by Crippen LogP contribution is -2.49. The molecule has 4 rings (SSSR count). The van der Waals surface area contributed by atoms with E-state index in [1.54, 1.807) is 17.8 Å². The third kappa shape index (κ3) is 5.96. The van der Waals surface area contributed by atoms with Crippen molar-refractivity contribution in [2.45, 2.75) is 63.1 Å². The summed E-state index contributed by atoms with van der Waals surface area (Å²) in [4.78, 5) is 31.4. The SMILES string of the molecule is CCCCCCCSc1nsc(NC(=O)CN2C[C@H]3C[C@@H](C2)c2cccc(=O)n2C3)n1. The van der Waals surface area contributed by atoms with Gasteiger partial charge in [0.2, 0.25) is 16.2 Å². The molecular formula is C22H31N5O2S2. The molecule has 0 aliphatic carbocycles. The van der Waals surface area contributed by atoms with Crippen LogP contribution in [0.5, 0.6) is 0 Å². The summed E-state index contributed by atoms with van der Waals surface area (Å²) < 4.78 is 6.28. The van der Waals surface area contributed by atoms with Gasteiger partial charge in [0, 0.05) is 54.6 Å². The Balaban J connectivity index is 1.24. The molecule has 31 heavy (non-hydrogen) atoms. The van der Waals surface area contributed by atoms with Crippen LogP contribution in [-0.2, 0) is 11.3 Å². The van der Waals surface area contributed by atoms with Crippen LogP contribution in [0.2, 0.25) is 0 Å². The number of rotatable bonds is 10. The highest BCUT2D eigenvalue weighted by Gasteiger charge is 2.35. The Hall–Kier alpha value is -1.71. The average molecular weight is 462 g/mol. The number of nitrogens with zero attached hydrogens (tertiary/aromatic N) is 4. The predicted molar refractivity (Wildman–Crippen MR) is 126 cm³/mol. The second-order valence-corrected chi connectivity index (χ2v) is 10.4. The number of aromatic nitrogens is 3. The van der Waals surface area contributed by atoms with E-state index in [1.165, 1.54) is 43.6 Å². The molecule has 2 aliphatic rings. The lowest BCUT2D eigenvalue weighted by molar-refractivity contribution is -0.117. The van der Waals surface area contributed by atoms with Gasteiger partial charge in [0.25, 0.3) is 5.56 Å². The maximum atomic E-state index is 12.6. The van der Waals surface area contributed by atoms with E-state index in [0.717, 1.165) is 42.7 Å². The number of unbranched alkanes of at least 4 members (excludes halogenated alkanes) is 4. The molecule has 0 unspecified atom stereocenters. The molecule has 7 nitrogen and oxygen atoms in total. The van der Waals surface area contributed by atoms with Crippen molar-refractivity contribution >= 4 is 34.3 Å². The predicted octanol–water partition coefficient (Wildman–Crippen LogP) is 3.82. The van der Waals surface area contributed by atoms with Crippen molar-refractivity contribution in [3.63, 3.8) is 0 Å². The first-order valence-electron chi connectivity index (χ1n) is 11.3. The minimum Gasteiger partial charge on any atom is -0.312 e. The molecule has 0 aromatic carbocycles. The van der Waals surface area contributed by atoms with Gasteiger partial charge in [-0.3, -0.25) is 19.8 Å². The van der Waals surface area contributed by atoms with Crippen LogP contribution in [0.1, 0.15) is 57.1 Å². The fourth-order valence-corrected chi connectivity index (χ4v) is 6.23. The van der Waals surface area contributed by atoms with Crippen LogP contribution >= 0.6 is 23.3 Å². The van der Waals surface area contributed by atoms with Crippen molar-refractivity contribution < 1.29 is 4.79 Å². The van der Waals surface area contributed by atoms with E-state index >= 15 is 0 Å². The molecule has 4 heterocycles. The number of carbonyl (C=O) groups excluding carboxylic acids is 1. The Kier molecular flexibility index (Phi) is 7.79. The molecule has 1 fully saturated rings. The maximum absolute atomic E-state index is 12.6. The topological polar surface area (TPSA) is 80.1 Å². The molecular weight excluding hydrogens is 430 g/mol. The Morgan fingerprint density at radius 1 is 1.23 bits per heavy atom. The Bertz CT molecular complexity index is 944. The molecule has 9 heteroatoms. The molecule has 2 aromatic rings. The Morgan fingerprint density at radius 3 is 2.97 bits per heavy atom. The molecule has 168 valence electrons. The maximum Gasteiger partial charge on any atom is 0.250 e. The van der Waals surface area contributed by atoms with Crippen molar-refractivity contribution in [2.24, 2.45) is 5.92 Å². The third-order valence-corrected chi connectivity index (χ3v) is 7.74. The largest absolute Gasteiger partial charge is 0.312 e. The number of anilines is 1. The number of fused-ring (bicyclic) bond motifs is 4. The average Bonchev–Trinajstić information content (AvgIpc) is 3.18. The first-order valence-corrected chi connectivity index (χ1v) is 13.1. The molecule has 2 atom stereocenters. The highest BCUT2D eigenvalue weighted by atomic mass is 32.2. The number of thioether (sulfide) groups is 1. The quantitative estimate of drug-likeness (QED) is 0.428. The van der Waals surface area contributed by atoms with Crippen LogP contribution in [0.25, 0.3) is 0 Å². The van der Waals surface area contributed by atoms with Crippen molar-refractivity contribution in [1.29, 1.82) is 0 Å². The van der Waals surface area contributed by atoms with E-state index < -0.39 is 0 Å². The zero-order chi connectivity index (χ0) is 21.6. The molecule has 1 saturated heterocycles. The van der Waals surface area contributed by atoms with Gasteiger partial charge in [0.15, 0.2) is 0 Å². The number of carbonyl (C=O) groups is 1. The van der Waals surface area contributed by atoms with E-state index in [0.29, 0.717) is 23.5 Å². The molecule has 0 spiro atoms. The van der Waals surface area contributed by atoms with E-state index in [-0.39, 0.29) is 11.5 Å². The lowest BCUT2D eigenvalue weighted by atomic mass is 9.83. The van der Waals surface area contributed by atoms with Crippen LogP contribution in [0.15, 0.2) is 28.2 Å². The Morgan fingerprint density at radius 2 is 2.10 bits per heavy atom. The summed E-state index contributed by atoms with van der Waals surface area (Å²) >= 11 is 2.92. The highest BCUT2D eigenvalue weighted by Crippen LogP contribution is 2.34. The van der Waals surface area contributed by atoms with Gasteiger partial charge in [-0.05, 0) is 24.8 Å². The van der Waals surface area contributed by atoms with Crippen LogP contribution in [0.4, 0.5) is 5.13 Å². The summed E-state index contributed by atoms with van der Waals surface area (Å²) in [6, 6.07) is 5.53. The Labute approximate surface area is 191 Å². The number of hydrogen-bond acceptors (Lipinski definition) is 7. The number of hydrogen-bond donors (Lipinski definition) is 1. The number of amides is 1. The van der Waals surface area contributed by atoms with Crippen LogP contribution in [-0.4, -0.2) is 50.1 Å². The first-order chi connectivity index (χ1) is 15.1. The molecule has 2 aromatic heterocycles. The van der Waals surface area contributed by atoms with Gasteiger partial charge in [-0.2, -0.15) is 9.36 Å². The summed E-state index contributed by atoms with van der Waals surface area (Å²) in [5.41, 5.74) is 1.19. The summed E-state index contributed by atoms with van der Waals surface area (Å²) in [5, 5.41) is 4.25. The van der Waals surface area contributed by atoms with Crippen LogP contribution in [0, 0.1) is 5.92 Å². The smallest absolute Gasteiger partial charge is 0.250 e. The van der Waals surface area contributed by atoms with Crippen molar-refractivity contribution in [2.75, 3.05) is 30.7 Å². The molecule has 1 N–H and O–H groups in total. The molecule has 0 radical (unpaired) electrons. The van der Waals surface area contributed by atoms with Crippen molar-refractivity contribution in [3.05, 3.63) is 34.2 Å². The summed E-state index contributed by atoms with van der Waals surface area (Å²) in [6.07, 6.45) is 7.39. The summed E-state index contributed by atoms with van der Waals surface area (Å²) in [6.45, 7) is 4.98. The van der Waals surface area contributed by atoms with E-state index in [2.05, 4.69) is 32.6 Å². The fourth-order valence-electron chi connectivity index (χ4n) is 4.68. The van der Waals surface area contributed by atoms with E-state index in [4.69, 9.17) is 0 Å². The fraction of sp³-hybridized carbons (Fsp3) is 0.636.